The molecular weight excluding hydrogens is 200 g/mol. The van der Waals surface area contributed by atoms with Gasteiger partial charge in [-0.1, -0.05) is 0 Å². The summed E-state index contributed by atoms with van der Waals surface area (Å²) in [6.45, 7) is 4.31. The molecular formula is C12H24N4. The average molecular weight is 224 g/mol. The van der Waals surface area contributed by atoms with Crippen LogP contribution in [0.3, 0.4) is 0 Å². The van der Waals surface area contributed by atoms with Crippen LogP contribution in [0.4, 0.5) is 0 Å². The first-order valence-electron chi connectivity index (χ1n) is 6.04. The zero-order valence-electron chi connectivity index (χ0n) is 10.4. The maximum absolute atomic E-state index is 3.16. The Hall–Kier alpha value is -1.00. The van der Waals surface area contributed by atoms with Crippen LogP contribution in [0, 0.1) is 0 Å². The molecule has 0 unspecified atom stereocenters. The molecule has 0 saturated carbocycles. The first kappa shape index (κ1) is 13.1. The van der Waals surface area contributed by atoms with E-state index in [1.54, 1.807) is 0 Å². The maximum atomic E-state index is 3.16. The molecule has 1 rings (SSSR count). The molecule has 2 N–H and O–H groups in total. The van der Waals surface area contributed by atoms with Crippen LogP contribution >= 0.6 is 0 Å². The van der Waals surface area contributed by atoms with E-state index in [-0.39, 0.29) is 0 Å². The van der Waals surface area contributed by atoms with Crippen molar-refractivity contribution in [2.45, 2.75) is 12.8 Å². The molecule has 0 bridgehead atoms. The van der Waals surface area contributed by atoms with E-state index in [1.165, 1.54) is 12.8 Å². The van der Waals surface area contributed by atoms with Crippen LogP contribution in [0.2, 0.25) is 0 Å². The molecule has 4 heteroatoms. The van der Waals surface area contributed by atoms with Crippen molar-refractivity contribution < 1.29 is 0 Å². The minimum atomic E-state index is 1.07. The number of hydrogen-bond acceptors (Lipinski definition) is 4. The zero-order valence-corrected chi connectivity index (χ0v) is 10.4. The fraction of sp³-hybridized carbons (Fsp3) is 0.667. The fourth-order valence-electron chi connectivity index (χ4n) is 1.62. The van der Waals surface area contributed by atoms with Gasteiger partial charge in [-0.05, 0) is 40.0 Å². The van der Waals surface area contributed by atoms with Crippen LogP contribution < -0.4 is 10.6 Å². The van der Waals surface area contributed by atoms with Crippen molar-refractivity contribution in [3.05, 3.63) is 24.8 Å². The van der Waals surface area contributed by atoms with Crippen molar-refractivity contribution in [1.29, 1.82) is 0 Å². The van der Waals surface area contributed by atoms with Crippen molar-refractivity contribution in [3.8, 4) is 0 Å². The first-order valence-corrected chi connectivity index (χ1v) is 6.04. The van der Waals surface area contributed by atoms with Gasteiger partial charge >= 0.3 is 0 Å². The Labute approximate surface area is 99.0 Å². The SMILES string of the molecule is CNCCCN1C=CN(CCCNC)C=C1. The third-order valence-corrected chi connectivity index (χ3v) is 2.59. The van der Waals surface area contributed by atoms with E-state index in [0.29, 0.717) is 0 Å². The molecule has 0 radical (unpaired) electrons. The van der Waals surface area contributed by atoms with Gasteiger partial charge in [0.05, 0.1) is 0 Å². The molecule has 1 aliphatic heterocycles. The van der Waals surface area contributed by atoms with E-state index in [9.17, 15) is 0 Å². The predicted octanol–water partition coefficient (Wildman–Crippen LogP) is 0.765. The lowest BCUT2D eigenvalue weighted by Gasteiger charge is -2.24. The molecule has 0 saturated heterocycles. The predicted molar refractivity (Wildman–Crippen MR) is 68.8 cm³/mol. The molecule has 0 aromatic carbocycles. The van der Waals surface area contributed by atoms with Crippen LogP contribution in [0.25, 0.3) is 0 Å². The summed E-state index contributed by atoms with van der Waals surface area (Å²) in [4.78, 5) is 4.46. The molecule has 0 atom stereocenters. The summed E-state index contributed by atoms with van der Waals surface area (Å²) in [6, 6.07) is 0. The lowest BCUT2D eigenvalue weighted by atomic mass is 10.3. The van der Waals surface area contributed by atoms with Gasteiger partial charge in [-0.3, -0.25) is 0 Å². The van der Waals surface area contributed by atoms with Gasteiger partial charge in [0.2, 0.25) is 0 Å². The van der Waals surface area contributed by atoms with Gasteiger partial charge in [-0.25, -0.2) is 0 Å². The van der Waals surface area contributed by atoms with Crippen molar-refractivity contribution in [1.82, 2.24) is 20.4 Å². The van der Waals surface area contributed by atoms with Crippen LogP contribution in [-0.4, -0.2) is 50.1 Å². The molecule has 0 fully saturated rings. The maximum Gasteiger partial charge on any atom is 0.0232 e. The monoisotopic (exact) mass is 224 g/mol. The van der Waals surface area contributed by atoms with E-state index in [4.69, 9.17) is 0 Å². The third-order valence-electron chi connectivity index (χ3n) is 2.59. The van der Waals surface area contributed by atoms with Gasteiger partial charge in [0, 0.05) is 37.9 Å². The normalized spacial score (nSPS) is 14.9. The van der Waals surface area contributed by atoms with E-state index >= 15 is 0 Å². The highest BCUT2D eigenvalue weighted by molar-refractivity contribution is 5.00. The minimum absolute atomic E-state index is 1.07. The smallest absolute Gasteiger partial charge is 0.0232 e. The van der Waals surface area contributed by atoms with Crippen LogP contribution in [0.1, 0.15) is 12.8 Å². The average Bonchev–Trinajstić information content (AvgIpc) is 2.32. The van der Waals surface area contributed by atoms with Crippen molar-refractivity contribution in [2.75, 3.05) is 40.3 Å². The van der Waals surface area contributed by atoms with Gasteiger partial charge in [0.25, 0.3) is 0 Å². The quantitative estimate of drug-likeness (QED) is 0.596. The Bertz CT molecular complexity index is 189. The summed E-state index contributed by atoms with van der Waals surface area (Å²) >= 11 is 0. The lowest BCUT2D eigenvalue weighted by molar-refractivity contribution is 0.407. The number of nitrogens with zero attached hydrogens (tertiary/aromatic N) is 2. The summed E-state index contributed by atoms with van der Waals surface area (Å²) in [5.41, 5.74) is 0. The van der Waals surface area contributed by atoms with E-state index in [2.05, 4.69) is 45.2 Å². The highest BCUT2D eigenvalue weighted by atomic mass is 15.2. The number of hydrogen-bond donors (Lipinski definition) is 2. The van der Waals surface area contributed by atoms with Crippen molar-refractivity contribution in [3.63, 3.8) is 0 Å². The fourth-order valence-corrected chi connectivity index (χ4v) is 1.62. The molecule has 0 amide bonds. The Balaban J connectivity index is 2.14. The summed E-state index contributed by atoms with van der Waals surface area (Å²) < 4.78 is 0. The zero-order chi connectivity index (χ0) is 11.6. The Morgan fingerprint density at radius 3 is 1.44 bits per heavy atom. The van der Waals surface area contributed by atoms with Gasteiger partial charge < -0.3 is 20.4 Å². The lowest BCUT2D eigenvalue weighted by Crippen LogP contribution is -2.24. The van der Waals surface area contributed by atoms with E-state index < -0.39 is 0 Å². The molecule has 4 nitrogen and oxygen atoms in total. The molecule has 1 heterocycles. The molecule has 0 spiro atoms. The van der Waals surface area contributed by atoms with Crippen molar-refractivity contribution in [2.24, 2.45) is 0 Å². The molecule has 1 aliphatic rings. The minimum Gasteiger partial charge on any atom is -0.351 e. The van der Waals surface area contributed by atoms with E-state index in [0.717, 1.165) is 26.2 Å². The van der Waals surface area contributed by atoms with Gasteiger partial charge in [0.1, 0.15) is 0 Å². The summed E-state index contributed by atoms with van der Waals surface area (Å²) in [7, 11) is 3.98. The summed E-state index contributed by atoms with van der Waals surface area (Å²) in [6.07, 6.45) is 10.9. The first-order chi connectivity index (χ1) is 7.86. The molecule has 0 aliphatic carbocycles. The van der Waals surface area contributed by atoms with E-state index in [1.807, 2.05) is 14.1 Å². The number of nitrogens with one attached hydrogen (secondary N) is 2. The van der Waals surface area contributed by atoms with Crippen LogP contribution in [0.5, 0.6) is 0 Å². The second-order valence-electron chi connectivity index (χ2n) is 3.99. The molecule has 16 heavy (non-hydrogen) atoms. The highest BCUT2D eigenvalue weighted by Crippen LogP contribution is 2.05. The third kappa shape index (κ3) is 5.19. The number of rotatable bonds is 8. The molecule has 92 valence electrons. The van der Waals surface area contributed by atoms with Gasteiger partial charge in [-0.15, -0.1) is 0 Å². The summed E-state index contributed by atoms with van der Waals surface area (Å²) in [5, 5.41) is 6.32. The van der Waals surface area contributed by atoms with Gasteiger partial charge in [-0.2, -0.15) is 0 Å². The molecule has 0 aromatic heterocycles. The topological polar surface area (TPSA) is 30.5 Å². The van der Waals surface area contributed by atoms with Crippen molar-refractivity contribution >= 4 is 0 Å². The van der Waals surface area contributed by atoms with Crippen LogP contribution in [-0.2, 0) is 0 Å². The molecule has 0 aromatic rings. The van der Waals surface area contributed by atoms with Gasteiger partial charge in [0.15, 0.2) is 0 Å². The largest absolute Gasteiger partial charge is 0.351 e. The second kappa shape index (κ2) is 8.19. The Morgan fingerprint density at radius 1 is 0.750 bits per heavy atom. The standard InChI is InChI=1S/C12H24N4/c1-13-5-3-7-15-9-11-16(12-10-15)8-4-6-14-2/h9-14H,3-8H2,1-2H3. The Morgan fingerprint density at radius 2 is 1.12 bits per heavy atom. The highest BCUT2D eigenvalue weighted by Gasteiger charge is 2.02. The Kier molecular flexibility index (Phi) is 6.69. The summed E-state index contributed by atoms with van der Waals surface area (Å²) in [5.74, 6) is 0. The van der Waals surface area contributed by atoms with Crippen LogP contribution in [0.15, 0.2) is 24.8 Å². The second-order valence-corrected chi connectivity index (χ2v) is 3.99.